The molecular weight excluding hydrogens is 366 g/mol. The molecule has 0 aliphatic carbocycles. The Kier molecular flexibility index (Phi) is 6.26. The largest absolute Gasteiger partial charge is 0.350 e. The molecule has 0 fully saturated rings. The fourth-order valence-electron chi connectivity index (χ4n) is 2.78. The summed E-state index contributed by atoms with van der Waals surface area (Å²) in [5, 5.41) is 11.6. The quantitative estimate of drug-likeness (QED) is 0.607. The van der Waals surface area contributed by atoms with E-state index in [2.05, 4.69) is 51.3 Å². The fraction of sp³-hybridized carbons (Fsp3) is 0.500. The first-order valence-electron chi connectivity index (χ1n) is 8.78. The van der Waals surface area contributed by atoms with Crippen molar-refractivity contribution in [3.63, 3.8) is 0 Å². The molecule has 1 aliphatic rings. The summed E-state index contributed by atoms with van der Waals surface area (Å²) >= 11 is 3.42. The molecule has 140 valence electrons. The second kappa shape index (κ2) is 8.64. The number of hydrogen-bond acceptors (Lipinski definition) is 5. The van der Waals surface area contributed by atoms with E-state index < -0.39 is 0 Å². The molecule has 0 radical (unpaired) electrons. The maximum absolute atomic E-state index is 12.5. The van der Waals surface area contributed by atoms with Gasteiger partial charge in [-0.25, -0.2) is 4.98 Å². The Labute approximate surface area is 162 Å². The van der Waals surface area contributed by atoms with Gasteiger partial charge in [-0.05, 0) is 29.3 Å². The predicted octanol–water partition coefficient (Wildman–Crippen LogP) is 2.58. The van der Waals surface area contributed by atoms with E-state index >= 15 is 0 Å². The van der Waals surface area contributed by atoms with Gasteiger partial charge in [0.25, 0.3) is 0 Å². The van der Waals surface area contributed by atoms with Crippen LogP contribution in [0.5, 0.6) is 0 Å². The Bertz CT molecular complexity index is 780. The summed E-state index contributed by atoms with van der Waals surface area (Å²) in [6, 6.07) is 2.12. The summed E-state index contributed by atoms with van der Waals surface area (Å²) in [7, 11) is 1.71. The Balaban J connectivity index is 1.45. The molecule has 3 rings (SSSR count). The number of thiazole rings is 1. The average molecular weight is 392 g/mol. The van der Waals surface area contributed by atoms with E-state index in [-0.39, 0.29) is 12.5 Å². The number of guanidine groups is 1. The van der Waals surface area contributed by atoms with Gasteiger partial charge >= 0.3 is 0 Å². The highest BCUT2D eigenvalue weighted by Crippen LogP contribution is 2.23. The number of carbonyl (C=O) groups excluding carboxylic acids is 1. The maximum atomic E-state index is 12.5. The van der Waals surface area contributed by atoms with Crippen LogP contribution in [0.3, 0.4) is 0 Å². The van der Waals surface area contributed by atoms with Crippen molar-refractivity contribution in [2.75, 3.05) is 20.1 Å². The first kappa shape index (κ1) is 18.8. The van der Waals surface area contributed by atoms with E-state index in [4.69, 9.17) is 0 Å². The van der Waals surface area contributed by atoms with Crippen molar-refractivity contribution < 1.29 is 4.79 Å². The minimum Gasteiger partial charge on any atom is -0.350 e. The predicted molar refractivity (Wildman–Crippen MR) is 108 cm³/mol. The van der Waals surface area contributed by atoms with Crippen molar-refractivity contribution in [1.29, 1.82) is 0 Å². The lowest BCUT2D eigenvalue weighted by Crippen LogP contribution is -2.45. The van der Waals surface area contributed by atoms with Gasteiger partial charge in [-0.2, -0.15) is 0 Å². The Morgan fingerprint density at radius 1 is 1.38 bits per heavy atom. The highest BCUT2D eigenvalue weighted by molar-refractivity contribution is 7.10. The summed E-state index contributed by atoms with van der Waals surface area (Å²) in [6.45, 7) is 6.62. The highest BCUT2D eigenvalue weighted by atomic mass is 32.1. The third kappa shape index (κ3) is 4.62. The zero-order chi connectivity index (χ0) is 18.5. The molecule has 0 aromatic carbocycles. The highest BCUT2D eigenvalue weighted by Gasteiger charge is 2.21. The Hall–Kier alpha value is -1.93. The van der Waals surface area contributed by atoms with Crippen LogP contribution >= 0.6 is 22.7 Å². The molecule has 2 N–H and O–H groups in total. The van der Waals surface area contributed by atoms with Gasteiger partial charge < -0.3 is 15.5 Å². The molecule has 0 unspecified atom stereocenters. The Morgan fingerprint density at radius 3 is 2.96 bits per heavy atom. The molecular formula is C18H25N5OS2. The minimum absolute atomic E-state index is 0.0983. The molecule has 6 nitrogen and oxygen atoms in total. The van der Waals surface area contributed by atoms with Gasteiger partial charge in [-0.15, -0.1) is 22.7 Å². The molecule has 0 atom stereocenters. The van der Waals surface area contributed by atoms with Crippen molar-refractivity contribution in [2.45, 2.75) is 39.3 Å². The van der Waals surface area contributed by atoms with Gasteiger partial charge in [0.05, 0.1) is 18.8 Å². The van der Waals surface area contributed by atoms with Crippen LogP contribution in [-0.4, -0.2) is 41.9 Å². The van der Waals surface area contributed by atoms with Crippen LogP contribution in [-0.2, 0) is 24.3 Å². The SMILES string of the molecule is CN=C(NCC(=O)N1CCc2sccc2C1)NCc1nc(C(C)C)cs1. The third-order valence-corrected chi connectivity index (χ3v) is 6.25. The van der Waals surface area contributed by atoms with Gasteiger partial charge in [-0.1, -0.05) is 13.8 Å². The lowest BCUT2D eigenvalue weighted by Gasteiger charge is -2.27. The summed E-state index contributed by atoms with van der Waals surface area (Å²) in [5.74, 6) is 1.15. The lowest BCUT2D eigenvalue weighted by molar-refractivity contribution is -0.130. The van der Waals surface area contributed by atoms with E-state index in [0.29, 0.717) is 25.0 Å². The molecule has 0 spiro atoms. The van der Waals surface area contributed by atoms with Crippen molar-refractivity contribution in [3.05, 3.63) is 38.0 Å². The summed E-state index contributed by atoms with van der Waals surface area (Å²) in [6.07, 6.45) is 0.952. The molecule has 8 heteroatoms. The molecule has 0 saturated carbocycles. The molecule has 2 aromatic rings. The molecule has 1 amide bonds. The first-order chi connectivity index (χ1) is 12.6. The third-order valence-electron chi connectivity index (χ3n) is 4.36. The van der Waals surface area contributed by atoms with Crippen LogP contribution in [0.2, 0.25) is 0 Å². The van der Waals surface area contributed by atoms with Crippen LogP contribution in [0.15, 0.2) is 21.8 Å². The number of rotatable bonds is 5. The number of amides is 1. The molecule has 3 heterocycles. The number of aromatic nitrogens is 1. The zero-order valence-electron chi connectivity index (χ0n) is 15.4. The van der Waals surface area contributed by atoms with Crippen molar-refractivity contribution >= 4 is 34.5 Å². The van der Waals surface area contributed by atoms with Crippen LogP contribution in [0.25, 0.3) is 0 Å². The number of hydrogen-bond donors (Lipinski definition) is 2. The van der Waals surface area contributed by atoms with Gasteiger partial charge in [-0.3, -0.25) is 9.79 Å². The second-order valence-electron chi connectivity index (χ2n) is 6.53. The molecule has 2 aromatic heterocycles. The maximum Gasteiger partial charge on any atom is 0.242 e. The normalized spacial score (nSPS) is 14.5. The number of nitrogens with zero attached hydrogens (tertiary/aromatic N) is 3. The van der Waals surface area contributed by atoms with E-state index in [9.17, 15) is 4.79 Å². The monoisotopic (exact) mass is 391 g/mol. The number of carbonyl (C=O) groups is 1. The van der Waals surface area contributed by atoms with Crippen LogP contribution in [0, 0.1) is 0 Å². The number of nitrogens with one attached hydrogen (secondary N) is 2. The minimum atomic E-state index is 0.0983. The van der Waals surface area contributed by atoms with E-state index in [1.54, 1.807) is 29.7 Å². The molecule has 26 heavy (non-hydrogen) atoms. The number of thiophene rings is 1. The van der Waals surface area contributed by atoms with E-state index in [0.717, 1.165) is 23.7 Å². The topological polar surface area (TPSA) is 69.6 Å². The van der Waals surface area contributed by atoms with Gasteiger partial charge in [0.15, 0.2) is 5.96 Å². The first-order valence-corrected chi connectivity index (χ1v) is 10.5. The summed E-state index contributed by atoms with van der Waals surface area (Å²) < 4.78 is 0. The standard InChI is InChI=1S/C18H25N5OS2/c1-12(2)14-11-26-16(22-14)8-20-18(19-3)21-9-17(24)23-6-4-15-13(10-23)5-7-25-15/h5,7,11-12H,4,6,8-10H2,1-3H3,(H2,19,20,21). The van der Waals surface area contributed by atoms with Crippen molar-refractivity contribution in [1.82, 2.24) is 20.5 Å². The average Bonchev–Trinajstić information content (AvgIpc) is 3.30. The molecule has 0 bridgehead atoms. The zero-order valence-corrected chi connectivity index (χ0v) is 17.0. The van der Waals surface area contributed by atoms with Crippen molar-refractivity contribution in [3.8, 4) is 0 Å². The second-order valence-corrected chi connectivity index (χ2v) is 8.48. The van der Waals surface area contributed by atoms with Crippen LogP contribution < -0.4 is 10.6 Å². The molecule has 1 aliphatic heterocycles. The number of fused-ring (bicyclic) bond motifs is 1. The van der Waals surface area contributed by atoms with Crippen molar-refractivity contribution in [2.24, 2.45) is 4.99 Å². The molecule has 0 saturated heterocycles. The van der Waals surface area contributed by atoms with Crippen LogP contribution in [0.4, 0.5) is 0 Å². The van der Waals surface area contributed by atoms with Gasteiger partial charge in [0.1, 0.15) is 5.01 Å². The summed E-state index contributed by atoms with van der Waals surface area (Å²) in [4.78, 5) is 24.6. The lowest BCUT2D eigenvalue weighted by atomic mass is 10.1. The van der Waals surface area contributed by atoms with Crippen LogP contribution in [0.1, 0.15) is 40.9 Å². The number of aliphatic imine (C=N–C) groups is 1. The van der Waals surface area contributed by atoms with E-state index in [1.165, 1.54) is 10.4 Å². The van der Waals surface area contributed by atoms with Gasteiger partial charge in [0.2, 0.25) is 5.91 Å². The van der Waals surface area contributed by atoms with Gasteiger partial charge in [0, 0.05) is 30.4 Å². The smallest absolute Gasteiger partial charge is 0.242 e. The van der Waals surface area contributed by atoms with E-state index in [1.807, 2.05) is 4.90 Å². The fourth-order valence-corrected chi connectivity index (χ4v) is 4.57. The summed E-state index contributed by atoms with van der Waals surface area (Å²) in [5.41, 5.74) is 2.39. The Morgan fingerprint density at radius 2 is 2.23 bits per heavy atom.